The van der Waals surface area contributed by atoms with Crippen LogP contribution in [-0.4, -0.2) is 70.8 Å². The summed E-state index contributed by atoms with van der Waals surface area (Å²) in [6.07, 6.45) is 1.06. The van der Waals surface area contributed by atoms with Gasteiger partial charge in [-0.1, -0.05) is 20.3 Å². The minimum atomic E-state index is -1.49. The van der Waals surface area contributed by atoms with Crippen molar-refractivity contribution in [1.82, 2.24) is 15.5 Å². The van der Waals surface area contributed by atoms with E-state index in [0.29, 0.717) is 25.8 Å². The van der Waals surface area contributed by atoms with Gasteiger partial charge in [-0.2, -0.15) is 0 Å². The fourth-order valence-corrected chi connectivity index (χ4v) is 3.07. The number of primary amides is 1. The van der Waals surface area contributed by atoms with Gasteiger partial charge in [0.15, 0.2) is 0 Å². The van der Waals surface area contributed by atoms with E-state index in [1.54, 1.807) is 6.92 Å². The van der Waals surface area contributed by atoms with Crippen molar-refractivity contribution in [3.63, 3.8) is 0 Å². The van der Waals surface area contributed by atoms with Crippen molar-refractivity contribution in [1.29, 1.82) is 0 Å². The van der Waals surface area contributed by atoms with Gasteiger partial charge in [0.2, 0.25) is 23.6 Å². The van der Waals surface area contributed by atoms with E-state index in [0.717, 1.165) is 0 Å². The molecule has 1 heterocycles. The Kier molecular flexibility index (Phi) is 8.83. The van der Waals surface area contributed by atoms with Gasteiger partial charge in [-0.05, 0) is 18.8 Å². The number of aliphatic carboxylic acids is 1. The zero-order valence-electron chi connectivity index (χ0n) is 16.1. The summed E-state index contributed by atoms with van der Waals surface area (Å²) in [4.78, 5) is 60.9. The Labute approximate surface area is 163 Å². The molecule has 0 spiro atoms. The predicted molar refractivity (Wildman–Crippen MR) is 98.6 cm³/mol. The van der Waals surface area contributed by atoms with Crippen molar-refractivity contribution in [3.8, 4) is 0 Å². The van der Waals surface area contributed by atoms with Crippen LogP contribution in [0, 0.1) is 5.92 Å². The Balaban J connectivity index is 2.91. The number of carboxylic acid groups (broad SMARTS) is 1. The molecule has 1 aliphatic rings. The largest absolute Gasteiger partial charge is 0.480 e. The zero-order chi connectivity index (χ0) is 21.4. The van der Waals surface area contributed by atoms with Gasteiger partial charge in [0, 0.05) is 6.54 Å². The first kappa shape index (κ1) is 23.3. The molecule has 1 aliphatic heterocycles. The molecule has 7 N–H and O–H groups in total. The maximum Gasteiger partial charge on any atom is 0.326 e. The lowest BCUT2D eigenvalue weighted by Crippen LogP contribution is -2.57. The molecule has 1 saturated heterocycles. The van der Waals surface area contributed by atoms with Crippen molar-refractivity contribution < 1.29 is 29.1 Å². The topological polar surface area (TPSA) is 185 Å². The number of rotatable bonds is 10. The number of nitrogens with one attached hydrogen (secondary N) is 2. The third-order valence-electron chi connectivity index (χ3n) is 4.86. The molecule has 0 aromatic heterocycles. The summed E-state index contributed by atoms with van der Waals surface area (Å²) < 4.78 is 0. The van der Waals surface area contributed by atoms with E-state index in [4.69, 9.17) is 16.6 Å². The average molecular weight is 399 g/mol. The van der Waals surface area contributed by atoms with E-state index < -0.39 is 48.2 Å². The third kappa shape index (κ3) is 6.19. The fraction of sp³-hybridized carbons (Fsp3) is 0.706. The molecule has 11 heteroatoms. The first-order valence-electron chi connectivity index (χ1n) is 9.23. The maximum atomic E-state index is 12.7. The molecule has 158 valence electrons. The second-order valence-electron chi connectivity index (χ2n) is 6.89. The second-order valence-corrected chi connectivity index (χ2v) is 6.89. The summed E-state index contributed by atoms with van der Waals surface area (Å²) in [5.74, 6) is -4.18. The summed E-state index contributed by atoms with van der Waals surface area (Å²) >= 11 is 0. The van der Waals surface area contributed by atoms with Crippen LogP contribution in [0.1, 0.15) is 39.5 Å². The average Bonchev–Trinajstić information content (AvgIpc) is 3.13. The number of amides is 4. The van der Waals surface area contributed by atoms with Crippen LogP contribution in [0.5, 0.6) is 0 Å². The third-order valence-corrected chi connectivity index (χ3v) is 4.86. The van der Waals surface area contributed by atoms with Crippen LogP contribution < -0.4 is 22.1 Å². The van der Waals surface area contributed by atoms with Crippen LogP contribution in [0.15, 0.2) is 0 Å². The quantitative estimate of drug-likeness (QED) is 0.279. The number of likely N-dealkylation sites (tertiary alicyclic amines) is 1. The normalized spacial score (nSPS) is 19.4. The van der Waals surface area contributed by atoms with Crippen molar-refractivity contribution >= 4 is 29.6 Å². The molecule has 1 fully saturated rings. The van der Waals surface area contributed by atoms with Crippen LogP contribution in [0.3, 0.4) is 0 Å². The monoisotopic (exact) mass is 399 g/mol. The lowest BCUT2D eigenvalue weighted by Gasteiger charge is -2.29. The molecule has 0 saturated carbocycles. The van der Waals surface area contributed by atoms with Gasteiger partial charge in [-0.3, -0.25) is 19.2 Å². The van der Waals surface area contributed by atoms with Gasteiger partial charge in [0.05, 0.1) is 13.0 Å². The number of nitrogens with two attached hydrogens (primary N) is 2. The van der Waals surface area contributed by atoms with Crippen molar-refractivity contribution in [3.05, 3.63) is 0 Å². The number of hydrogen-bond acceptors (Lipinski definition) is 6. The van der Waals surface area contributed by atoms with Crippen LogP contribution in [0.25, 0.3) is 0 Å². The van der Waals surface area contributed by atoms with Crippen LogP contribution in [0.2, 0.25) is 0 Å². The van der Waals surface area contributed by atoms with E-state index >= 15 is 0 Å². The Hall–Kier alpha value is -2.69. The first-order valence-corrected chi connectivity index (χ1v) is 9.23. The highest BCUT2D eigenvalue weighted by Gasteiger charge is 2.37. The molecule has 0 radical (unpaired) electrons. The number of hydrogen-bond donors (Lipinski definition) is 5. The standard InChI is InChI=1S/C17H29N5O6/c1-3-9(2)14(16(26)20-10(17(27)28)7-12(19)23)21-15(25)11-5-4-6-22(11)13(24)8-18/h9-11,14H,3-8,18H2,1-2H3,(H2,19,23)(H,20,26)(H,21,25)(H,27,28). The van der Waals surface area contributed by atoms with Crippen LogP contribution in [0.4, 0.5) is 0 Å². The lowest BCUT2D eigenvalue weighted by molar-refractivity contribution is -0.144. The smallest absolute Gasteiger partial charge is 0.326 e. The van der Waals surface area contributed by atoms with Crippen molar-refractivity contribution in [2.24, 2.45) is 17.4 Å². The molecule has 0 aromatic rings. The fourth-order valence-electron chi connectivity index (χ4n) is 3.07. The molecule has 4 atom stereocenters. The Morgan fingerprint density at radius 2 is 1.86 bits per heavy atom. The number of carboxylic acids is 1. The highest BCUT2D eigenvalue weighted by molar-refractivity contribution is 5.94. The van der Waals surface area contributed by atoms with Gasteiger partial charge in [-0.25, -0.2) is 4.79 Å². The Morgan fingerprint density at radius 3 is 2.36 bits per heavy atom. The highest BCUT2D eigenvalue weighted by atomic mass is 16.4. The summed E-state index contributed by atoms with van der Waals surface area (Å²) in [6.45, 7) is 3.74. The second kappa shape index (κ2) is 10.6. The minimum Gasteiger partial charge on any atom is -0.480 e. The highest BCUT2D eigenvalue weighted by Crippen LogP contribution is 2.18. The Bertz CT molecular complexity index is 625. The lowest BCUT2D eigenvalue weighted by atomic mass is 9.97. The van der Waals surface area contributed by atoms with Crippen LogP contribution >= 0.6 is 0 Å². The van der Waals surface area contributed by atoms with Crippen LogP contribution in [-0.2, 0) is 24.0 Å². The number of carbonyl (C=O) groups is 5. The minimum absolute atomic E-state index is 0.216. The summed E-state index contributed by atoms with van der Waals surface area (Å²) in [7, 11) is 0. The van der Waals surface area contributed by atoms with E-state index in [2.05, 4.69) is 10.6 Å². The van der Waals surface area contributed by atoms with Gasteiger partial charge < -0.3 is 32.1 Å². The molecule has 0 bridgehead atoms. The molecular weight excluding hydrogens is 370 g/mol. The SMILES string of the molecule is CCC(C)C(NC(=O)C1CCCN1C(=O)CN)C(=O)NC(CC(N)=O)C(=O)O. The molecule has 11 nitrogen and oxygen atoms in total. The molecule has 4 amide bonds. The van der Waals surface area contributed by atoms with Crippen molar-refractivity contribution in [2.75, 3.05) is 13.1 Å². The Morgan fingerprint density at radius 1 is 1.21 bits per heavy atom. The number of carbonyl (C=O) groups excluding carboxylic acids is 4. The molecule has 28 heavy (non-hydrogen) atoms. The maximum absolute atomic E-state index is 12.7. The van der Waals surface area contributed by atoms with E-state index in [9.17, 15) is 24.0 Å². The van der Waals surface area contributed by atoms with Gasteiger partial charge >= 0.3 is 5.97 Å². The van der Waals surface area contributed by atoms with Gasteiger partial charge in [0.25, 0.3) is 0 Å². The van der Waals surface area contributed by atoms with E-state index in [1.807, 2.05) is 6.92 Å². The zero-order valence-corrected chi connectivity index (χ0v) is 16.1. The summed E-state index contributed by atoms with van der Waals surface area (Å²) in [6, 6.07) is -3.24. The summed E-state index contributed by atoms with van der Waals surface area (Å²) in [5, 5.41) is 14.0. The van der Waals surface area contributed by atoms with Gasteiger partial charge in [0.1, 0.15) is 18.1 Å². The molecule has 0 aliphatic carbocycles. The number of nitrogens with zero attached hydrogens (tertiary/aromatic N) is 1. The predicted octanol–water partition coefficient (Wildman–Crippen LogP) is -2.09. The van der Waals surface area contributed by atoms with Gasteiger partial charge in [-0.15, -0.1) is 0 Å². The molecule has 4 unspecified atom stereocenters. The van der Waals surface area contributed by atoms with E-state index in [-0.39, 0.29) is 18.4 Å². The molecule has 0 aromatic carbocycles. The molecular formula is C17H29N5O6. The van der Waals surface area contributed by atoms with E-state index in [1.165, 1.54) is 4.90 Å². The molecule has 1 rings (SSSR count). The summed E-state index contributed by atoms with van der Waals surface area (Å²) in [5.41, 5.74) is 10.4. The van der Waals surface area contributed by atoms with Crippen molar-refractivity contribution in [2.45, 2.75) is 57.7 Å². The first-order chi connectivity index (χ1) is 13.1.